The Labute approximate surface area is 103 Å². The Bertz CT molecular complexity index is 671. The van der Waals surface area contributed by atoms with Crippen LogP contribution in [0.15, 0.2) is 42.6 Å². The summed E-state index contributed by atoms with van der Waals surface area (Å²) in [5.74, 6) is 0. The van der Waals surface area contributed by atoms with Crippen LogP contribution in [0.3, 0.4) is 0 Å². The minimum absolute atomic E-state index is 0.655. The van der Waals surface area contributed by atoms with Crippen molar-refractivity contribution in [1.82, 2.24) is 9.97 Å². The summed E-state index contributed by atoms with van der Waals surface area (Å²) in [5.41, 5.74) is 8.99. The fourth-order valence-electron chi connectivity index (χ4n) is 1.82. The zero-order chi connectivity index (χ0) is 11.8. The van der Waals surface area contributed by atoms with Gasteiger partial charge in [-0.25, -0.2) is 0 Å². The highest BCUT2D eigenvalue weighted by Gasteiger charge is 2.06. The third-order valence-corrected chi connectivity index (χ3v) is 2.98. The van der Waals surface area contributed by atoms with Crippen LogP contribution in [0.1, 0.15) is 0 Å². The normalized spacial score (nSPS) is 10.9. The van der Waals surface area contributed by atoms with Gasteiger partial charge in [0.25, 0.3) is 0 Å². The zero-order valence-electron chi connectivity index (χ0n) is 8.94. The summed E-state index contributed by atoms with van der Waals surface area (Å²) in [6, 6.07) is 11.5. The molecule has 0 aliphatic heterocycles. The standard InChI is InChI=1S/C13H10ClN3/c14-10-3-1-2-8-6-12(17-13(8)10)11-5-4-9(15)7-16-11/h1-7,17H,15H2. The van der Waals surface area contributed by atoms with Crippen LogP contribution < -0.4 is 5.73 Å². The van der Waals surface area contributed by atoms with Crippen LogP contribution in [0.5, 0.6) is 0 Å². The van der Waals surface area contributed by atoms with Crippen molar-refractivity contribution in [2.45, 2.75) is 0 Å². The van der Waals surface area contributed by atoms with E-state index in [-0.39, 0.29) is 0 Å². The Balaban J connectivity index is 2.18. The van der Waals surface area contributed by atoms with E-state index in [1.165, 1.54) is 0 Å². The SMILES string of the molecule is Nc1ccc(-c2cc3cccc(Cl)c3[nH]2)nc1. The monoisotopic (exact) mass is 243 g/mol. The fraction of sp³-hybridized carbons (Fsp3) is 0. The van der Waals surface area contributed by atoms with Gasteiger partial charge in [0, 0.05) is 5.39 Å². The molecular weight excluding hydrogens is 234 g/mol. The lowest BCUT2D eigenvalue weighted by Gasteiger charge is -1.97. The number of aromatic nitrogens is 2. The number of nitrogens with one attached hydrogen (secondary N) is 1. The average molecular weight is 244 g/mol. The van der Waals surface area contributed by atoms with Gasteiger partial charge in [0.05, 0.1) is 33.8 Å². The van der Waals surface area contributed by atoms with Gasteiger partial charge in [0.1, 0.15) is 0 Å². The molecule has 4 heteroatoms. The summed E-state index contributed by atoms with van der Waals surface area (Å²) in [5, 5.41) is 1.79. The average Bonchev–Trinajstić information content (AvgIpc) is 2.75. The highest BCUT2D eigenvalue weighted by Crippen LogP contribution is 2.27. The summed E-state index contributed by atoms with van der Waals surface area (Å²) in [7, 11) is 0. The predicted octanol–water partition coefficient (Wildman–Crippen LogP) is 3.47. The molecule has 2 heterocycles. The number of rotatable bonds is 1. The van der Waals surface area contributed by atoms with E-state index in [1.807, 2.05) is 36.4 Å². The first-order valence-electron chi connectivity index (χ1n) is 5.23. The molecule has 3 aromatic rings. The summed E-state index contributed by atoms with van der Waals surface area (Å²) < 4.78 is 0. The van der Waals surface area contributed by atoms with Crippen LogP contribution in [-0.4, -0.2) is 9.97 Å². The molecule has 0 aliphatic carbocycles. The van der Waals surface area contributed by atoms with Crippen LogP contribution in [-0.2, 0) is 0 Å². The van der Waals surface area contributed by atoms with E-state index in [0.29, 0.717) is 10.7 Å². The van der Waals surface area contributed by atoms with E-state index in [9.17, 15) is 0 Å². The van der Waals surface area contributed by atoms with Crippen molar-refractivity contribution in [2.24, 2.45) is 0 Å². The molecule has 0 bridgehead atoms. The van der Waals surface area contributed by atoms with E-state index in [1.54, 1.807) is 6.20 Å². The van der Waals surface area contributed by atoms with Crippen LogP contribution in [0.2, 0.25) is 5.02 Å². The molecule has 0 atom stereocenters. The van der Waals surface area contributed by atoms with Gasteiger partial charge < -0.3 is 10.7 Å². The van der Waals surface area contributed by atoms with Gasteiger partial charge in [0.2, 0.25) is 0 Å². The number of nitrogens with two attached hydrogens (primary N) is 1. The molecule has 0 saturated heterocycles. The molecule has 0 unspecified atom stereocenters. The number of anilines is 1. The van der Waals surface area contributed by atoms with Crippen molar-refractivity contribution in [3.63, 3.8) is 0 Å². The molecule has 0 amide bonds. The third-order valence-electron chi connectivity index (χ3n) is 2.67. The first kappa shape index (κ1) is 10.2. The lowest BCUT2D eigenvalue weighted by Crippen LogP contribution is -1.87. The maximum Gasteiger partial charge on any atom is 0.0866 e. The van der Waals surface area contributed by atoms with Crippen LogP contribution >= 0.6 is 11.6 Å². The van der Waals surface area contributed by atoms with E-state index >= 15 is 0 Å². The lowest BCUT2D eigenvalue weighted by atomic mass is 10.2. The van der Waals surface area contributed by atoms with Gasteiger partial charge in [-0.05, 0) is 24.3 Å². The van der Waals surface area contributed by atoms with Crippen molar-refractivity contribution in [3.05, 3.63) is 47.6 Å². The van der Waals surface area contributed by atoms with Crippen molar-refractivity contribution >= 4 is 28.2 Å². The molecule has 0 aliphatic rings. The molecule has 0 radical (unpaired) electrons. The first-order valence-corrected chi connectivity index (χ1v) is 5.61. The summed E-state index contributed by atoms with van der Waals surface area (Å²) in [4.78, 5) is 7.54. The van der Waals surface area contributed by atoms with E-state index in [2.05, 4.69) is 9.97 Å². The molecule has 3 rings (SSSR count). The minimum Gasteiger partial charge on any atom is -0.397 e. The molecular formula is C13H10ClN3. The number of benzene rings is 1. The van der Waals surface area contributed by atoms with Gasteiger partial charge in [0.15, 0.2) is 0 Å². The predicted molar refractivity (Wildman–Crippen MR) is 71.0 cm³/mol. The quantitative estimate of drug-likeness (QED) is 0.688. The highest BCUT2D eigenvalue weighted by molar-refractivity contribution is 6.35. The number of hydrogen-bond acceptors (Lipinski definition) is 2. The van der Waals surface area contributed by atoms with Crippen LogP contribution in [0, 0.1) is 0 Å². The Morgan fingerprint density at radius 1 is 1.18 bits per heavy atom. The smallest absolute Gasteiger partial charge is 0.0866 e. The Morgan fingerprint density at radius 2 is 2.06 bits per heavy atom. The molecule has 17 heavy (non-hydrogen) atoms. The number of halogens is 1. The molecule has 0 saturated carbocycles. The molecule has 3 nitrogen and oxygen atoms in total. The van der Waals surface area contributed by atoms with E-state index in [4.69, 9.17) is 17.3 Å². The van der Waals surface area contributed by atoms with Gasteiger partial charge >= 0.3 is 0 Å². The Morgan fingerprint density at radius 3 is 2.76 bits per heavy atom. The lowest BCUT2D eigenvalue weighted by molar-refractivity contribution is 1.29. The van der Waals surface area contributed by atoms with E-state index < -0.39 is 0 Å². The zero-order valence-corrected chi connectivity index (χ0v) is 9.70. The van der Waals surface area contributed by atoms with Crippen LogP contribution in [0.4, 0.5) is 5.69 Å². The summed E-state index contributed by atoms with van der Waals surface area (Å²) in [6.07, 6.45) is 1.64. The second-order valence-corrected chi connectivity index (χ2v) is 4.27. The summed E-state index contributed by atoms with van der Waals surface area (Å²) in [6.45, 7) is 0. The number of nitrogen functional groups attached to an aromatic ring is 1. The molecule has 0 spiro atoms. The number of fused-ring (bicyclic) bond motifs is 1. The van der Waals surface area contributed by atoms with Crippen molar-refractivity contribution in [2.75, 3.05) is 5.73 Å². The number of hydrogen-bond donors (Lipinski definition) is 2. The van der Waals surface area contributed by atoms with E-state index in [0.717, 1.165) is 22.3 Å². The maximum atomic E-state index is 6.11. The fourth-order valence-corrected chi connectivity index (χ4v) is 2.05. The molecule has 1 aromatic carbocycles. The van der Waals surface area contributed by atoms with Crippen molar-refractivity contribution < 1.29 is 0 Å². The molecule has 3 N–H and O–H groups in total. The largest absolute Gasteiger partial charge is 0.397 e. The first-order chi connectivity index (χ1) is 8.24. The van der Waals surface area contributed by atoms with Gasteiger partial charge in [-0.15, -0.1) is 0 Å². The second kappa shape index (κ2) is 3.79. The Kier molecular flexibility index (Phi) is 2.27. The number of para-hydroxylation sites is 1. The molecule has 0 fully saturated rings. The van der Waals surface area contributed by atoms with Gasteiger partial charge in [-0.2, -0.15) is 0 Å². The van der Waals surface area contributed by atoms with Gasteiger partial charge in [-0.3, -0.25) is 4.98 Å². The maximum absolute atomic E-state index is 6.11. The number of aromatic amines is 1. The number of H-pyrrole nitrogens is 1. The topological polar surface area (TPSA) is 54.7 Å². The molecule has 84 valence electrons. The number of pyridine rings is 1. The van der Waals surface area contributed by atoms with Crippen molar-refractivity contribution in [3.8, 4) is 11.4 Å². The number of nitrogens with zero attached hydrogens (tertiary/aromatic N) is 1. The highest BCUT2D eigenvalue weighted by atomic mass is 35.5. The van der Waals surface area contributed by atoms with Crippen LogP contribution in [0.25, 0.3) is 22.3 Å². The van der Waals surface area contributed by atoms with Crippen molar-refractivity contribution in [1.29, 1.82) is 0 Å². The minimum atomic E-state index is 0.655. The Hall–Kier alpha value is -2.00. The van der Waals surface area contributed by atoms with Gasteiger partial charge in [-0.1, -0.05) is 23.7 Å². The second-order valence-electron chi connectivity index (χ2n) is 3.86. The summed E-state index contributed by atoms with van der Waals surface area (Å²) >= 11 is 6.11. The molecule has 2 aromatic heterocycles. The third kappa shape index (κ3) is 1.74.